The summed E-state index contributed by atoms with van der Waals surface area (Å²) in [7, 11) is 1.32. The second-order valence-electron chi connectivity index (χ2n) is 8.51. The van der Waals surface area contributed by atoms with E-state index in [1.165, 1.54) is 7.11 Å². The third-order valence-corrected chi connectivity index (χ3v) is 6.07. The summed E-state index contributed by atoms with van der Waals surface area (Å²) >= 11 is 3.62. The van der Waals surface area contributed by atoms with Crippen molar-refractivity contribution in [3.05, 3.63) is 33.9 Å². The summed E-state index contributed by atoms with van der Waals surface area (Å²) in [6, 6.07) is 5.18. The molecule has 0 radical (unpaired) electrons. The molecule has 3 rings (SSSR count). The van der Waals surface area contributed by atoms with E-state index in [2.05, 4.69) is 15.9 Å². The van der Waals surface area contributed by atoms with E-state index in [4.69, 9.17) is 9.47 Å². The molecule has 1 heterocycles. The molecule has 1 fully saturated rings. The maximum absolute atomic E-state index is 14.8. The number of ether oxygens (including phenoxy) is 2. The number of halogens is 2. The van der Waals surface area contributed by atoms with Crippen LogP contribution in [0.1, 0.15) is 68.3 Å². The Bertz CT molecular complexity index is 931. The number of aromatic nitrogens is 1. The van der Waals surface area contributed by atoms with Crippen molar-refractivity contribution in [1.29, 1.82) is 0 Å². The fraction of sp³-hybridized carbons (Fsp3) is 0.545. The van der Waals surface area contributed by atoms with Crippen molar-refractivity contribution in [3.8, 4) is 0 Å². The highest BCUT2D eigenvalue weighted by molar-refractivity contribution is 9.10. The molecule has 1 aliphatic carbocycles. The zero-order valence-corrected chi connectivity index (χ0v) is 18.8. The van der Waals surface area contributed by atoms with Crippen molar-refractivity contribution < 1.29 is 23.5 Å². The third kappa shape index (κ3) is 4.65. The molecule has 1 aromatic heterocycles. The fourth-order valence-corrected chi connectivity index (χ4v) is 4.83. The van der Waals surface area contributed by atoms with Gasteiger partial charge >= 0.3 is 11.9 Å². The lowest BCUT2D eigenvalue weighted by atomic mass is 9.82. The largest absolute Gasteiger partial charge is 0.465 e. The van der Waals surface area contributed by atoms with Crippen LogP contribution in [0, 0.1) is 0 Å². The minimum Gasteiger partial charge on any atom is -0.465 e. The van der Waals surface area contributed by atoms with Gasteiger partial charge in [0.2, 0.25) is 0 Å². The molecule has 1 aromatic carbocycles. The number of rotatable bonds is 4. The van der Waals surface area contributed by atoms with Crippen LogP contribution in [0.25, 0.3) is 10.9 Å². The van der Waals surface area contributed by atoms with E-state index in [-0.39, 0.29) is 12.5 Å². The van der Waals surface area contributed by atoms with Crippen molar-refractivity contribution in [1.82, 2.24) is 4.57 Å². The van der Waals surface area contributed by atoms with Crippen LogP contribution in [-0.2, 0) is 20.8 Å². The Morgan fingerprint density at radius 2 is 1.93 bits per heavy atom. The maximum atomic E-state index is 14.8. The zero-order valence-electron chi connectivity index (χ0n) is 17.3. The maximum Gasteiger partial charge on any atom is 0.337 e. The SMILES string of the molecule is COC(=O)c1ccc2c([C@@H]3CCCC[C@H]3F)c(Br)n(CC(=O)OC(C)(C)C)c2c1. The van der Waals surface area contributed by atoms with Crippen molar-refractivity contribution in [2.75, 3.05) is 7.11 Å². The van der Waals surface area contributed by atoms with Crippen molar-refractivity contribution in [3.63, 3.8) is 0 Å². The molecule has 29 heavy (non-hydrogen) atoms. The molecule has 2 atom stereocenters. The molecule has 0 N–H and O–H groups in total. The summed E-state index contributed by atoms with van der Waals surface area (Å²) in [5, 5.41) is 0.836. The normalized spacial score (nSPS) is 19.9. The van der Waals surface area contributed by atoms with Crippen LogP contribution in [0.15, 0.2) is 22.8 Å². The first-order valence-electron chi connectivity index (χ1n) is 9.88. The molecule has 5 nitrogen and oxygen atoms in total. The third-order valence-electron chi connectivity index (χ3n) is 5.22. The first-order chi connectivity index (χ1) is 13.6. The Morgan fingerprint density at radius 1 is 1.24 bits per heavy atom. The Labute approximate surface area is 178 Å². The van der Waals surface area contributed by atoms with Gasteiger partial charge in [0.25, 0.3) is 0 Å². The monoisotopic (exact) mass is 467 g/mol. The van der Waals surface area contributed by atoms with Crippen molar-refractivity contribution in [2.45, 2.75) is 70.7 Å². The molecule has 0 spiro atoms. The summed E-state index contributed by atoms with van der Waals surface area (Å²) in [6.07, 6.45) is 2.22. The first kappa shape index (κ1) is 21.8. The number of methoxy groups -OCH3 is 1. The second-order valence-corrected chi connectivity index (χ2v) is 9.26. The topological polar surface area (TPSA) is 57.5 Å². The van der Waals surface area contributed by atoms with Gasteiger partial charge in [0, 0.05) is 11.3 Å². The van der Waals surface area contributed by atoms with Crippen molar-refractivity contribution in [2.24, 2.45) is 0 Å². The molecular formula is C22H27BrFNO4. The quantitative estimate of drug-likeness (QED) is 0.554. The molecule has 1 saturated carbocycles. The average molecular weight is 468 g/mol. The number of esters is 2. The van der Waals surface area contributed by atoms with E-state index >= 15 is 0 Å². The number of benzene rings is 1. The summed E-state index contributed by atoms with van der Waals surface area (Å²) in [4.78, 5) is 24.5. The number of hydrogen-bond donors (Lipinski definition) is 0. The van der Waals surface area contributed by atoms with Crippen LogP contribution < -0.4 is 0 Å². The van der Waals surface area contributed by atoms with Crippen LogP contribution in [0.5, 0.6) is 0 Å². The zero-order chi connectivity index (χ0) is 21.3. The highest BCUT2D eigenvalue weighted by Gasteiger charge is 2.32. The fourth-order valence-electron chi connectivity index (χ4n) is 4.01. The number of alkyl halides is 1. The minimum absolute atomic E-state index is 0.0390. The van der Waals surface area contributed by atoms with Gasteiger partial charge < -0.3 is 14.0 Å². The standard InChI is InChI=1S/C22H27BrFNO4/c1-22(2,3)29-18(26)12-25-17-11-13(21(27)28-4)9-10-15(17)19(20(25)23)14-7-5-6-8-16(14)24/h9-11,14,16H,5-8,12H2,1-4H3/t14-,16-/m1/s1. The van der Waals surface area contributed by atoms with Crippen LogP contribution >= 0.6 is 15.9 Å². The molecule has 0 saturated heterocycles. The van der Waals surface area contributed by atoms with Gasteiger partial charge in [0.05, 0.1) is 22.8 Å². The van der Waals surface area contributed by atoms with Gasteiger partial charge in [-0.05, 0) is 67.2 Å². The Kier molecular flexibility index (Phi) is 6.36. The molecule has 158 valence electrons. The van der Waals surface area contributed by atoms with Gasteiger partial charge in [-0.3, -0.25) is 4.79 Å². The van der Waals surface area contributed by atoms with Gasteiger partial charge in [-0.25, -0.2) is 9.18 Å². The van der Waals surface area contributed by atoms with Crippen LogP contribution in [0.2, 0.25) is 0 Å². The van der Waals surface area contributed by atoms with E-state index in [1.807, 2.05) is 26.8 Å². The molecule has 0 bridgehead atoms. The van der Waals surface area contributed by atoms with Crippen molar-refractivity contribution >= 4 is 38.8 Å². The van der Waals surface area contributed by atoms with E-state index in [0.29, 0.717) is 22.1 Å². The van der Waals surface area contributed by atoms with E-state index < -0.39 is 23.7 Å². The van der Waals surface area contributed by atoms with Crippen LogP contribution in [0.4, 0.5) is 4.39 Å². The van der Waals surface area contributed by atoms with Gasteiger partial charge in [-0.15, -0.1) is 0 Å². The average Bonchev–Trinajstić information content (AvgIpc) is 2.91. The van der Waals surface area contributed by atoms with Gasteiger partial charge in [0.15, 0.2) is 0 Å². The Hall–Kier alpha value is -1.89. The van der Waals surface area contributed by atoms with Crippen LogP contribution in [0.3, 0.4) is 0 Å². The van der Waals surface area contributed by atoms with Gasteiger partial charge in [-0.1, -0.05) is 18.9 Å². The smallest absolute Gasteiger partial charge is 0.337 e. The van der Waals surface area contributed by atoms with Gasteiger partial charge in [-0.2, -0.15) is 0 Å². The predicted molar refractivity (Wildman–Crippen MR) is 113 cm³/mol. The summed E-state index contributed by atoms with van der Waals surface area (Å²) < 4.78 is 27.5. The summed E-state index contributed by atoms with van der Waals surface area (Å²) in [5.41, 5.74) is 1.30. The molecule has 2 aromatic rings. The highest BCUT2D eigenvalue weighted by Crippen LogP contribution is 2.43. The van der Waals surface area contributed by atoms with Crippen LogP contribution in [-0.4, -0.2) is 35.4 Å². The number of fused-ring (bicyclic) bond motifs is 1. The molecular weight excluding hydrogens is 441 g/mol. The Balaban J connectivity index is 2.12. The van der Waals surface area contributed by atoms with E-state index in [1.54, 1.807) is 16.7 Å². The van der Waals surface area contributed by atoms with E-state index in [0.717, 1.165) is 30.2 Å². The molecule has 0 unspecified atom stereocenters. The minimum atomic E-state index is -0.930. The molecule has 0 aliphatic heterocycles. The first-order valence-corrected chi connectivity index (χ1v) is 10.7. The van der Waals surface area contributed by atoms with E-state index in [9.17, 15) is 14.0 Å². The highest BCUT2D eigenvalue weighted by atomic mass is 79.9. The number of nitrogens with zero attached hydrogens (tertiary/aromatic N) is 1. The lowest BCUT2D eigenvalue weighted by Gasteiger charge is -2.26. The number of carbonyl (C=O) groups is 2. The molecule has 0 amide bonds. The number of hydrogen-bond acceptors (Lipinski definition) is 4. The number of carbonyl (C=O) groups excluding carboxylic acids is 2. The van der Waals surface area contributed by atoms with Gasteiger partial charge in [0.1, 0.15) is 18.3 Å². The summed E-state index contributed by atoms with van der Waals surface area (Å²) in [6.45, 7) is 5.39. The predicted octanol–water partition coefficient (Wildman–Crippen LogP) is 5.53. The summed E-state index contributed by atoms with van der Waals surface area (Å²) in [5.74, 6) is -1.11. The molecule has 7 heteroatoms. The second kappa shape index (κ2) is 8.46. The molecule has 1 aliphatic rings. The lowest BCUT2D eigenvalue weighted by Crippen LogP contribution is -2.26. The lowest BCUT2D eigenvalue weighted by molar-refractivity contribution is -0.155. The Morgan fingerprint density at radius 3 is 2.55 bits per heavy atom.